The van der Waals surface area contributed by atoms with Gasteiger partial charge in [-0.3, -0.25) is 9.36 Å². The summed E-state index contributed by atoms with van der Waals surface area (Å²) in [6.07, 6.45) is 3.23. The van der Waals surface area contributed by atoms with E-state index >= 15 is 0 Å². The van der Waals surface area contributed by atoms with Gasteiger partial charge in [0.2, 0.25) is 5.95 Å². The standard InChI is InChI=1S/C31H34F3N9O2/c1-30(2,3)45-29(44)40-11-9-21(10-12-40)27(20-7-5-4-6-8-20)42-18-23(15-37-42)22-13-25(43-26(14-22)38-28(35)39-43)24-16-36-41(17-24)19-31(32,33)34/h4-8,13-18,21,27H,9-12,19H2,1-3H3,(H2,35,39). The molecule has 5 heterocycles. The normalized spacial score (nSPS) is 15.5. The summed E-state index contributed by atoms with van der Waals surface area (Å²) in [4.78, 5) is 18.8. The lowest BCUT2D eigenvalue weighted by Gasteiger charge is -2.37. The Morgan fingerprint density at radius 2 is 1.71 bits per heavy atom. The van der Waals surface area contributed by atoms with Gasteiger partial charge in [0.25, 0.3) is 0 Å². The number of carbonyl (C=O) groups excluding carboxylic acids is 1. The molecule has 1 aliphatic rings. The fourth-order valence-electron chi connectivity index (χ4n) is 5.79. The van der Waals surface area contributed by atoms with E-state index in [1.54, 1.807) is 11.1 Å². The molecule has 2 N–H and O–H groups in total. The molecule has 0 aliphatic carbocycles. The van der Waals surface area contributed by atoms with Crippen molar-refractivity contribution in [3.05, 3.63) is 72.8 Å². The molecule has 1 amide bonds. The molecule has 14 heteroatoms. The van der Waals surface area contributed by atoms with Crippen LogP contribution in [0.4, 0.5) is 23.9 Å². The molecule has 6 rings (SSSR count). The Morgan fingerprint density at radius 1 is 1.00 bits per heavy atom. The van der Waals surface area contributed by atoms with Gasteiger partial charge in [0, 0.05) is 36.6 Å². The monoisotopic (exact) mass is 621 g/mol. The van der Waals surface area contributed by atoms with Crippen molar-refractivity contribution in [2.45, 2.75) is 58.0 Å². The number of ether oxygens (including phenoxy) is 1. The number of piperidine rings is 1. The summed E-state index contributed by atoms with van der Waals surface area (Å²) in [5.74, 6) is 0.237. The first-order chi connectivity index (χ1) is 21.3. The van der Waals surface area contributed by atoms with Crippen LogP contribution < -0.4 is 5.73 Å². The van der Waals surface area contributed by atoms with E-state index in [-0.39, 0.29) is 24.0 Å². The lowest BCUT2D eigenvalue weighted by Crippen LogP contribution is -2.43. The van der Waals surface area contributed by atoms with Gasteiger partial charge >= 0.3 is 12.3 Å². The van der Waals surface area contributed by atoms with Crippen molar-refractivity contribution in [1.29, 1.82) is 0 Å². The fraction of sp³-hybridized carbons (Fsp3) is 0.387. The zero-order valence-electron chi connectivity index (χ0n) is 25.1. The third kappa shape index (κ3) is 6.79. The van der Waals surface area contributed by atoms with Gasteiger partial charge < -0.3 is 15.4 Å². The highest BCUT2D eigenvalue weighted by Crippen LogP contribution is 2.36. The van der Waals surface area contributed by atoms with Crippen LogP contribution in [0.1, 0.15) is 45.2 Å². The van der Waals surface area contributed by atoms with Crippen LogP contribution in [0.2, 0.25) is 0 Å². The zero-order chi connectivity index (χ0) is 31.9. The van der Waals surface area contributed by atoms with Crippen LogP contribution in [0, 0.1) is 5.92 Å². The van der Waals surface area contributed by atoms with Crippen LogP contribution in [0.5, 0.6) is 0 Å². The number of halogens is 3. The van der Waals surface area contributed by atoms with Crippen LogP contribution in [0.3, 0.4) is 0 Å². The van der Waals surface area contributed by atoms with Gasteiger partial charge in [0.1, 0.15) is 12.1 Å². The largest absolute Gasteiger partial charge is 0.444 e. The molecule has 0 radical (unpaired) electrons. The Kier molecular flexibility index (Phi) is 7.75. The predicted octanol–water partition coefficient (Wildman–Crippen LogP) is 5.84. The summed E-state index contributed by atoms with van der Waals surface area (Å²) in [6, 6.07) is 13.7. The van der Waals surface area contributed by atoms with Crippen LogP contribution in [-0.2, 0) is 11.3 Å². The average Bonchev–Trinajstić information content (AvgIpc) is 3.72. The van der Waals surface area contributed by atoms with Crippen molar-refractivity contribution in [3.8, 4) is 22.4 Å². The zero-order valence-corrected chi connectivity index (χ0v) is 25.1. The van der Waals surface area contributed by atoms with Crippen LogP contribution in [-0.4, -0.2) is 70.0 Å². The third-order valence-corrected chi connectivity index (χ3v) is 7.72. The molecule has 5 aromatic rings. The van der Waals surface area contributed by atoms with Gasteiger partial charge in [-0.2, -0.15) is 28.4 Å². The lowest BCUT2D eigenvalue weighted by molar-refractivity contribution is -0.142. The number of likely N-dealkylation sites (tertiary alicyclic amines) is 1. The number of carbonyl (C=O) groups is 1. The van der Waals surface area contributed by atoms with Gasteiger partial charge in [-0.25, -0.2) is 9.31 Å². The first-order valence-electron chi connectivity index (χ1n) is 14.7. The number of hydrogen-bond acceptors (Lipinski definition) is 7. The van der Waals surface area contributed by atoms with Crippen molar-refractivity contribution in [2.75, 3.05) is 18.8 Å². The van der Waals surface area contributed by atoms with E-state index in [9.17, 15) is 18.0 Å². The Labute approximate surface area is 257 Å². The number of nitrogens with two attached hydrogens (primary N) is 1. The maximum absolute atomic E-state index is 13.0. The highest BCUT2D eigenvalue weighted by Gasteiger charge is 2.33. The second-order valence-corrected chi connectivity index (χ2v) is 12.3. The summed E-state index contributed by atoms with van der Waals surface area (Å²) in [7, 11) is 0. The molecule has 0 saturated carbocycles. The van der Waals surface area contributed by atoms with E-state index in [0.29, 0.717) is 30.0 Å². The smallest absolute Gasteiger partial charge is 0.410 e. The van der Waals surface area contributed by atoms with Gasteiger partial charge in [-0.1, -0.05) is 30.3 Å². The molecule has 0 bridgehead atoms. The number of benzene rings is 1. The minimum Gasteiger partial charge on any atom is -0.444 e. The molecule has 1 aromatic carbocycles. The molecule has 1 unspecified atom stereocenters. The topological polar surface area (TPSA) is 121 Å². The molecule has 1 aliphatic heterocycles. The Balaban J connectivity index is 1.31. The molecule has 0 spiro atoms. The first kappa shape index (κ1) is 30.2. The number of rotatable bonds is 6. The highest BCUT2D eigenvalue weighted by atomic mass is 19.4. The van der Waals surface area contributed by atoms with E-state index in [2.05, 4.69) is 27.3 Å². The van der Waals surface area contributed by atoms with Gasteiger partial charge in [0.15, 0.2) is 5.65 Å². The quantitative estimate of drug-likeness (QED) is 0.253. The van der Waals surface area contributed by atoms with E-state index < -0.39 is 18.3 Å². The number of fused-ring (bicyclic) bond motifs is 1. The summed E-state index contributed by atoms with van der Waals surface area (Å²) in [6.45, 7) is 5.52. The first-order valence-corrected chi connectivity index (χ1v) is 14.7. The highest BCUT2D eigenvalue weighted by molar-refractivity contribution is 5.74. The predicted molar refractivity (Wildman–Crippen MR) is 161 cm³/mol. The maximum atomic E-state index is 13.0. The SMILES string of the molecule is CC(C)(C)OC(=O)N1CCC(C(c2ccccc2)n2cc(-c3cc(-c4cnn(CC(F)(F)F)c4)n4nc(N)nc4c3)cn2)CC1. The summed E-state index contributed by atoms with van der Waals surface area (Å²) >= 11 is 0. The number of amides is 1. The second kappa shape index (κ2) is 11.6. The Hall–Kier alpha value is -4.88. The number of nitrogens with zero attached hydrogens (tertiary/aromatic N) is 8. The molecular weight excluding hydrogens is 587 g/mol. The lowest BCUT2D eigenvalue weighted by atomic mass is 9.85. The van der Waals surface area contributed by atoms with Crippen molar-refractivity contribution in [1.82, 2.24) is 39.1 Å². The van der Waals surface area contributed by atoms with Crippen molar-refractivity contribution >= 4 is 17.7 Å². The van der Waals surface area contributed by atoms with Gasteiger partial charge in [-0.15, -0.1) is 5.10 Å². The van der Waals surface area contributed by atoms with E-state index in [0.717, 1.165) is 34.2 Å². The van der Waals surface area contributed by atoms with Crippen LogP contribution >= 0.6 is 0 Å². The third-order valence-electron chi connectivity index (χ3n) is 7.72. The maximum Gasteiger partial charge on any atom is 0.410 e. The molecule has 236 valence electrons. The number of aromatic nitrogens is 7. The van der Waals surface area contributed by atoms with Crippen LogP contribution in [0.15, 0.2) is 67.3 Å². The summed E-state index contributed by atoms with van der Waals surface area (Å²) in [5.41, 5.74) is 9.33. The number of anilines is 1. The Morgan fingerprint density at radius 3 is 2.40 bits per heavy atom. The average molecular weight is 622 g/mol. The second-order valence-electron chi connectivity index (χ2n) is 12.3. The fourth-order valence-corrected chi connectivity index (χ4v) is 5.79. The van der Waals surface area contributed by atoms with Crippen LogP contribution in [0.25, 0.3) is 28.0 Å². The summed E-state index contributed by atoms with van der Waals surface area (Å²) in [5, 5.41) is 12.9. The molecule has 1 saturated heterocycles. The van der Waals surface area contributed by atoms with E-state index in [1.165, 1.54) is 16.9 Å². The molecule has 45 heavy (non-hydrogen) atoms. The Bertz CT molecular complexity index is 1800. The number of hydrogen-bond donors (Lipinski definition) is 1. The molecular formula is C31H34F3N9O2. The minimum absolute atomic E-state index is 0.0358. The minimum atomic E-state index is -4.41. The summed E-state index contributed by atoms with van der Waals surface area (Å²) < 4.78 is 48.8. The molecule has 11 nitrogen and oxygen atoms in total. The number of pyridine rings is 1. The van der Waals surface area contributed by atoms with E-state index in [4.69, 9.17) is 15.6 Å². The van der Waals surface area contributed by atoms with Gasteiger partial charge in [-0.05, 0) is 62.8 Å². The van der Waals surface area contributed by atoms with Gasteiger partial charge in [0.05, 0.1) is 24.1 Å². The van der Waals surface area contributed by atoms with Crippen molar-refractivity contribution in [3.63, 3.8) is 0 Å². The van der Waals surface area contributed by atoms with Crippen molar-refractivity contribution in [2.24, 2.45) is 5.92 Å². The molecule has 4 aromatic heterocycles. The molecule has 1 atom stereocenters. The molecule has 1 fully saturated rings. The van der Waals surface area contributed by atoms with E-state index in [1.807, 2.05) is 62.0 Å². The number of nitrogen functional groups attached to an aromatic ring is 1. The number of alkyl halides is 3. The van der Waals surface area contributed by atoms with Crippen molar-refractivity contribution < 1.29 is 22.7 Å².